The minimum Gasteiger partial charge on any atom is -0.360 e. The zero-order chi connectivity index (χ0) is 15.5. The van der Waals surface area contributed by atoms with Crippen molar-refractivity contribution in [1.82, 2.24) is 0 Å². The van der Waals surface area contributed by atoms with Gasteiger partial charge in [0.15, 0.2) is 0 Å². The number of benzene rings is 2. The molecule has 1 saturated heterocycles. The summed E-state index contributed by atoms with van der Waals surface area (Å²) in [7, 11) is 0. The average Bonchev–Trinajstić information content (AvgIpc) is 2.51. The fourth-order valence-corrected chi connectivity index (χ4v) is 3.24. The molecule has 0 spiro atoms. The summed E-state index contributed by atoms with van der Waals surface area (Å²) >= 11 is 0. The molecule has 0 saturated carbocycles. The zero-order valence-corrected chi connectivity index (χ0v) is 13.4. The highest BCUT2D eigenvalue weighted by molar-refractivity contribution is 5.55. The lowest BCUT2D eigenvalue weighted by atomic mass is 10.1. The lowest BCUT2D eigenvalue weighted by molar-refractivity contribution is -0.914. The van der Waals surface area contributed by atoms with Crippen LogP contribution in [0.25, 0.3) is 0 Å². The second-order valence-corrected chi connectivity index (χ2v) is 6.33. The minimum absolute atomic E-state index is 0.133. The fourth-order valence-electron chi connectivity index (χ4n) is 3.24. The number of nitrogens with zero attached hydrogens (tertiary/aromatic N) is 1. The molecule has 2 aromatic carbocycles. The summed E-state index contributed by atoms with van der Waals surface area (Å²) in [4.78, 5) is 4.02. The molecule has 0 atom stereocenters. The Balaban J connectivity index is 1.61. The van der Waals surface area contributed by atoms with Crippen molar-refractivity contribution in [1.29, 1.82) is 0 Å². The highest BCUT2D eigenvalue weighted by Gasteiger charge is 2.21. The summed E-state index contributed by atoms with van der Waals surface area (Å²) in [6, 6.07) is 13.7. The topological polar surface area (TPSA) is 7.68 Å². The van der Waals surface area contributed by atoms with Crippen molar-refractivity contribution in [2.75, 3.05) is 31.1 Å². The van der Waals surface area contributed by atoms with Crippen LogP contribution in [0, 0.1) is 19.7 Å². The number of quaternary nitrogens is 1. The average molecular weight is 299 g/mol. The first-order valence-corrected chi connectivity index (χ1v) is 8.02. The van der Waals surface area contributed by atoms with Gasteiger partial charge in [-0.25, -0.2) is 4.39 Å². The van der Waals surface area contributed by atoms with Crippen molar-refractivity contribution in [3.8, 4) is 0 Å². The number of anilines is 1. The predicted molar refractivity (Wildman–Crippen MR) is 88.9 cm³/mol. The van der Waals surface area contributed by atoms with Crippen LogP contribution in [0.3, 0.4) is 0 Å². The van der Waals surface area contributed by atoms with Gasteiger partial charge in [0.25, 0.3) is 0 Å². The Hall–Kier alpha value is -1.87. The van der Waals surface area contributed by atoms with E-state index in [9.17, 15) is 4.39 Å². The van der Waals surface area contributed by atoms with Crippen molar-refractivity contribution in [3.05, 3.63) is 65.0 Å². The molecule has 0 radical (unpaired) electrons. The lowest BCUT2D eigenvalue weighted by Crippen LogP contribution is -3.13. The molecule has 2 aromatic rings. The van der Waals surface area contributed by atoms with E-state index in [1.54, 1.807) is 12.1 Å². The van der Waals surface area contributed by atoms with E-state index < -0.39 is 0 Å². The van der Waals surface area contributed by atoms with Gasteiger partial charge in [-0.3, -0.25) is 0 Å². The van der Waals surface area contributed by atoms with Gasteiger partial charge in [0, 0.05) is 11.3 Å². The Morgan fingerprint density at radius 1 is 1.05 bits per heavy atom. The molecule has 0 aromatic heterocycles. The Bertz CT molecular complexity index is 646. The van der Waals surface area contributed by atoms with E-state index in [0.29, 0.717) is 0 Å². The number of aryl methyl sites for hydroxylation is 2. The molecule has 1 fully saturated rings. The maximum Gasteiger partial charge on any atom is 0.123 e. The number of rotatable bonds is 3. The Kier molecular flexibility index (Phi) is 4.44. The molecule has 3 rings (SSSR count). The summed E-state index contributed by atoms with van der Waals surface area (Å²) < 4.78 is 13.3. The van der Waals surface area contributed by atoms with Gasteiger partial charge >= 0.3 is 0 Å². The van der Waals surface area contributed by atoms with E-state index in [2.05, 4.69) is 36.9 Å². The zero-order valence-electron chi connectivity index (χ0n) is 13.4. The van der Waals surface area contributed by atoms with E-state index in [0.717, 1.165) is 38.3 Å². The molecule has 1 aliphatic rings. The summed E-state index contributed by atoms with van der Waals surface area (Å²) in [5.41, 5.74) is 5.12. The van der Waals surface area contributed by atoms with Gasteiger partial charge in [-0.1, -0.05) is 24.3 Å². The smallest absolute Gasteiger partial charge is 0.123 e. The highest BCUT2D eigenvalue weighted by atomic mass is 19.1. The number of hydrogen-bond acceptors (Lipinski definition) is 1. The van der Waals surface area contributed by atoms with Crippen LogP contribution in [0.15, 0.2) is 42.5 Å². The Labute approximate surface area is 132 Å². The first kappa shape index (κ1) is 15.0. The van der Waals surface area contributed by atoms with Crippen molar-refractivity contribution in [2.24, 2.45) is 0 Å². The summed E-state index contributed by atoms with van der Waals surface area (Å²) in [6.07, 6.45) is 0. The largest absolute Gasteiger partial charge is 0.360 e. The third-order valence-corrected chi connectivity index (χ3v) is 4.52. The van der Waals surface area contributed by atoms with Crippen LogP contribution in [0.2, 0.25) is 0 Å². The minimum atomic E-state index is -0.133. The predicted octanol–water partition coefficient (Wildman–Crippen LogP) is 2.35. The maximum absolute atomic E-state index is 13.3. The van der Waals surface area contributed by atoms with Crippen LogP contribution in [0.5, 0.6) is 0 Å². The molecule has 3 heteroatoms. The molecule has 1 heterocycles. The molecular formula is C19H24FN2+. The van der Waals surface area contributed by atoms with Crippen LogP contribution in [0.1, 0.15) is 16.7 Å². The summed E-state index contributed by atoms with van der Waals surface area (Å²) in [5.74, 6) is -0.133. The first-order chi connectivity index (χ1) is 10.6. The Morgan fingerprint density at radius 2 is 1.82 bits per heavy atom. The van der Waals surface area contributed by atoms with Crippen LogP contribution < -0.4 is 9.80 Å². The van der Waals surface area contributed by atoms with E-state index >= 15 is 0 Å². The monoisotopic (exact) mass is 299 g/mol. The van der Waals surface area contributed by atoms with Gasteiger partial charge in [-0.2, -0.15) is 0 Å². The molecule has 116 valence electrons. The van der Waals surface area contributed by atoms with Crippen molar-refractivity contribution in [3.63, 3.8) is 0 Å². The second-order valence-electron chi connectivity index (χ2n) is 6.33. The van der Waals surface area contributed by atoms with Gasteiger partial charge in [0.05, 0.1) is 26.2 Å². The van der Waals surface area contributed by atoms with Gasteiger partial charge in [-0.15, -0.1) is 0 Å². The normalized spacial score (nSPS) is 16.0. The third kappa shape index (κ3) is 3.47. The van der Waals surface area contributed by atoms with Gasteiger partial charge in [-0.05, 0) is 43.2 Å². The number of nitrogens with one attached hydrogen (secondary N) is 1. The molecule has 0 aliphatic carbocycles. The van der Waals surface area contributed by atoms with Gasteiger partial charge < -0.3 is 9.80 Å². The molecule has 0 bridgehead atoms. The van der Waals surface area contributed by atoms with E-state index in [1.807, 2.05) is 6.07 Å². The molecule has 1 N–H and O–H groups in total. The van der Waals surface area contributed by atoms with Gasteiger partial charge in [0.1, 0.15) is 12.4 Å². The molecular weight excluding hydrogens is 275 g/mol. The van der Waals surface area contributed by atoms with Crippen molar-refractivity contribution >= 4 is 5.69 Å². The van der Waals surface area contributed by atoms with Gasteiger partial charge in [0.2, 0.25) is 0 Å². The van der Waals surface area contributed by atoms with E-state index in [1.165, 1.54) is 27.8 Å². The lowest BCUT2D eigenvalue weighted by Gasteiger charge is -2.34. The standard InChI is InChI=1S/C19H23FN2/c1-15-6-7-16(2)19(12-15)22-10-8-21(9-11-22)14-17-4-3-5-18(20)13-17/h3-7,12-13H,8-11,14H2,1-2H3/p+1. The number of hydrogen-bond donors (Lipinski definition) is 1. The third-order valence-electron chi connectivity index (χ3n) is 4.52. The Morgan fingerprint density at radius 3 is 2.55 bits per heavy atom. The summed E-state index contributed by atoms with van der Waals surface area (Å²) in [6.45, 7) is 9.57. The van der Waals surface area contributed by atoms with E-state index in [-0.39, 0.29) is 5.82 Å². The van der Waals surface area contributed by atoms with Crippen LogP contribution in [-0.4, -0.2) is 26.2 Å². The molecule has 2 nitrogen and oxygen atoms in total. The molecule has 1 aliphatic heterocycles. The maximum atomic E-state index is 13.3. The fraction of sp³-hybridized carbons (Fsp3) is 0.368. The summed E-state index contributed by atoms with van der Waals surface area (Å²) in [5, 5.41) is 0. The van der Waals surface area contributed by atoms with Crippen LogP contribution >= 0.6 is 0 Å². The number of halogens is 1. The quantitative estimate of drug-likeness (QED) is 0.914. The van der Waals surface area contributed by atoms with Crippen molar-refractivity contribution in [2.45, 2.75) is 20.4 Å². The molecule has 22 heavy (non-hydrogen) atoms. The van der Waals surface area contributed by atoms with Crippen LogP contribution in [0.4, 0.5) is 10.1 Å². The van der Waals surface area contributed by atoms with E-state index in [4.69, 9.17) is 0 Å². The molecule has 0 unspecified atom stereocenters. The SMILES string of the molecule is Cc1ccc(C)c(N2CC[NH+](Cc3cccc(F)c3)CC2)c1. The second kappa shape index (κ2) is 6.49. The van der Waals surface area contributed by atoms with Crippen LogP contribution in [-0.2, 0) is 6.54 Å². The highest BCUT2D eigenvalue weighted by Crippen LogP contribution is 2.21. The number of piperazine rings is 1. The first-order valence-electron chi connectivity index (χ1n) is 8.02. The van der Waals surface area contributed by atoms with Crippen molar-refractivity contribution < 1.29 is 9.29 Å². The molecule has 0 amide bonds.